The molecule has 0 saturated heterocycles. The van der Waals surface area contributed by atoms with Gasteiger partial charge in [-0.15, -0.1) is 0 Å². The van der Waals surface area contributed by atoms with Crippen LogP contribution in [0.3, 0.4) is 0 Å². The van der Waals surface area contributed by atoms with Crippen molar-refractivity contribution in [2.45, 2.75) is 3.92 Å². The largest absolute Gasteiger partial charge is 0.468 e. The summed E-state index contributed by atoms with van der Waals surface area (Å²) in [6.07, 6.45) is 0. The molecule has 1 rings (SSSR count). The molecule has 0 N–H and O–H groups in total. The average molecular weight is 276 g/mol. The number of hydrogen-bond acceptors (Lipinski definition) is 2. The standard InChI is InChI=1S/C9H9IO2/c1-12-9(11)8(10)7-5-3-2-4-6-7/h2-6,8H,1H3. The number of alkyl halides is 1. The zero-order valence-corrected chi connectivity index (χ0v) is 8.82. The fourth-order valence-corrected chi connectivity index (χ4v) is 1.53. The lowest BCUT2D eigenvalue weighted by atomic mass is 10.2. The number of methoxy groups -OCH3 is 1. The number of ether oxygens (including phenoxy) is 1. The number of carbonyl (C=O) groups excluding carboxylic acids is 1. The molecule has 1 aromatic rings. The van der Waals surface area contributed by atoms with Gasteiger partial charge < -0.3 is 4.74 Å². The van der Waals surface area contributed by atoms with E-state index in [1.54, 1.807) is 0 Å². The molecule has 1 atom stereocenters. The van der Waals surface area contributed by atoms with Crippen LogP contribution in [0.25, 0.3) is 0 Å². The van der Waals surface area contributed by atoms with Gasteiger partial charge in [0.05, 0.1) is 7.11 Å². The predicted molar refractivity (Wildman–Crippen MR) is 55.2 cm³/mol. The fraction of sp³-hybridized carbons (Fsp3) is 0.222. The summed E-state index contributed by atoms with van der Waals surface area (Å²) in [6.45, 7) is 0. The SMILES string of the molecule is COC(=O)C(I)c1ccccc1. The van der Waals surface area contributed by atoms with E-state index in [2.05, 4.69) is 27.3 Å². The fourth-order valence-electron chi connectivity index (χ4n) is 0.862. The molecule has 2 nitrogen and oxygen atoms in total. The van der Waals surface area contributed by atoms with Gasteiger partial charge in [0.2, 0.25) is 0 Å². The Kier molecular flexibility index (Phi) is 3.52. The van der Waals surface area contributed by atoms with Crippen molar-refractivity contribution < 1.29 is 9.53 Å². The first kappa shape index (κ1) is 9.51. The Morgan fingerprint density at radius 2 is 2.00 bits per heavy atom. The third-order valence-corrected chi connectivity index (χ3v) is 2.73. The summed E-state index contributed by atoms with van der Waals surface area (Å²) in [4.78, 5) is 11.1. The van der Waals surface area contributed by atoms with E-state index in [1.165, 1.54) is 7.11 Å². The summed E-state index contributed by atoms with van der Waals surface area (Å²) in [5, 5.41) is 0. The number of benzene rings is 1. The van der Waals surface area contributed by atoms with Crippen molar-refractivity contribution >= 4 is 28.6 Å². The molecular formula is C9H9IO2. The highest BCUT2D eigenvalue weighted by Crippen LogP contribution is 2.23. The molecule has 0 fully saturated rings. The molecule has 0 saturated carbocycles. The van der Waals surface area contributed by atoms with Crippen LogP contribution in [0.5, 0.6) is 0 Å². The Morgan fingerprint density at radius 3 is 2.50 bits per heavy atom. The van der Waals surface area contributed by atoms with Gasteiger partial charge in [-0.2, -0.15) is 0 Å². The van der Waals surface area contributed by atoms with Gasteiger partial charge in [0, 0.05) is 0 Å². The van der Waals surface area contributed by atoms with E-state index in [9.17, 15) is 4.79 Å². The summed E-state index contributed by atoms with van der Waals surface area (Å²) in [6, 6.07) is 9.56. The monoisotopic (exact) mass is 276 g/mol. The molecule has 1 unspecified atom stereocenters. The maximum Gasteiger partial charge on any atom is 0.323 e. The molecule has 0 aliphatic heterocycles. The first-order chi connectivity index (χ1) is 5.75. The first-order valence-electron chi connectivity index (χ1n) is 3.52. The minimum atomic E-state index is -0.207. The Bertz CT molecular complexity index is 258. The van der Waals surface area contributed by atoms with Crippen LogP contribution in [0.4, 0.5) is 0 Å². The first-order valence-corrected chi connectivity index (χ1v) is 4.77. The van der Waals surface area contributed by atoms with E-state index in [0.717, 1.165) is 5.56 Å². The van der Waals surface area contributed by atoms with Gasteiger partial charge in [0.25, 0.3) is 0 Å². The van der Waals surface area contributed by atoms with Crippen LogP contribution in [0, 0.1) is 0 Å². The molecule has 0 aromatic heterocycles. The van der Waals surface area contributed by atoms with Gasteiger partial charge in [-0.25, -0.2) is 0 Å². The quantitative estimate of drug-likeness (QED) is 0.471. The van der Waals surface area contributed by atoms with Crippen molar-refractivity contribution in [1.82, 2.24) is 0 Å². The van der Waals surface area contributed by atoms with Crippen molar-refractivity contribution in [2.24, 2.45) is 0 Å². The number of halogens is 1. The van der Waals surface area contributed by atoms with Crippen molar-refractivity contribution in [3.8, 4) is 0 Å². The second kappa shape index (κ2) is 4.45. The third kappa shape index (κ3) is 2.20. The van der Waals surface area contributed by atoms with Gasteiger partial charge >= 0.3 is 5.97 Å². The van der Waals surface area contributed by atoms with Crippen molar-refractivity contribution in [3.05, 3.63) is 35.9 Å². The van der Waals surface area contributed by atoms with E-state index in [0.29, 0.717) is 0 Å². The van der Waals surface area contributed by atoms with Crippen molar-refractivity contribution in [2.75, 3.05) is 7.11 Å². The van der Waals surface area contributed by atoms with E-state index >= 15 is 0 Å². The van der Waals surface area contributed by atoms with Gasteiger partial charge in [-0.3, -0.25) is 4.79 Å². The zero-order valence-electron chi connectivity index (χ0n) is 6.66. The second-order valence-electron chi connectivity index (χ2n) is 2.30. The smallest absolute Gasteiger partial charge is 0.323 e. The second-order valence-corrected chi connectivity index (χ2v) is 3.54. The van der Waals surface area contributed by atoms with E-state index in [4.69, 9.17) is 0 Å². The molecule has 1 aromatic carbocycles. The van der Waals surface area contributed by atoms with Crippen LogP contribution in [-0.4, -0.2) is 13.1 Å². The summed E-state index contributed by atoms with van der Waals surface area (Å²) in [5.74, 6) is -0.207. The molecule has 0 amide bonds. The lowest BCUT2D eigenvalue weighted by molar-refractivity contribution is -0.139. The molecule has 0 bridgehead atoms. The van der Waals surface area contributed by atoms with Crippen LogP contribution in [0.1, 0.15) is 9.49 Å². The Labute approximate surface area is 85.1 Å². The number of hydrogen-bond donors (Lipinski definition) is 0. The van der Waals surface area contributed by atoms with E-state index in [1.807, 2.05) is 30.3 Å². The minimum Gasteiger partial charge on any atom is -0.468 e. The van der Waals surface area contributed by atoms with Crippen LogP contribution in [-0.2, 0) is 9.53 Å². The maximum absolute atomic E-state index is 11.1. The third-order valence-electron chi connectivity index (χ3n) is 1.50. The van der Waals surface area contributed by atoms with Gasteiger partial charge in [0.15, 0.2) is 0 Å². The Morgan fingerprint density at radius 1 is 1.42 bits per heavy atom. The molecule has 0 heterocycles. The summed E-state index contributed by atoms with van der Waals surface area (Å²) in [5.41, 5.74) is 0.977. The summed E-state index contributed by atoms with van der Waals surface area (Å²) in [7, 11) is 1.40. The zero-order chi connectivity index (χ0) is 8.97. The van der Waals surface area contributed by atoms with Gasteiger partial charge in [-0.05, 0) is 5.56 Å². The highest BCUT2D eigenvalue weighted by Gasteiger charge is 2.16. The Hall–Kier alpha value is -0.580. The number of carbonyl (C=O) groups is 1. The van der Waals surface area contributed by atoms with Gasteiger partial charge in [0.1, 0.15) is 3.92 Å². The Balaban J connectivity index is 2.78. The van der Waals surface area contributed by atoms with Crippen LogP contribution in [0.2, 0.25) is 0 Å². The summed E-state index contributed by atoms with van der Waals surface area (Å²) >= 11 is 2.06. The maximum atomic E-state index is 11.1. The van der Waals surface area contributed by atoms with Crippen LogP contribution >= 0.6 is 22.6 Å². The highest BCUT2D eigenvalue weighted by atomic mass is 127. The lowest BCUT2D eigenvalue weighted by Crippen LogP contribution is -2.07. The molecule has 64 valence electrons. The van der Waals surface area contributed by atoms with E-state index < -0.39 is 0 Å². The molecule has 0 aliphatic carbocycles. The predicted octanol–water partition coefficient (Wildman–Crippen LogP) is 2.34. The molecule has 0 spiro atoms. The normalized spacial score (nSPS) is 12.2. The topological polar surface area (TPSA) is 26.3 Å². The number of esters is 1. The van der Waals surface area contributed by atoms with Crippen molar-refractivity contribution in [1.29, 1.82) is 0 Å². The molecular weight excluding hydrogens is 267 g/mol. The van der Waals surface area contributed by atoms with Crippen LogP contribution < -0.4 is 0 Å². The van der Waals surface area contributed by atoms with Crippen LogP contribution in [0.15, 0.2) is 30.3 Å². The molecule has 12 heavy (non-hydrogen) atoms. The number of rotatable bonds is 2. The lowest BCUT2D eigenvalue weighted by Gasteiger charge is -2.06. The minimum absolute atomic E-state index is 0.200. The molecule has 0 aliphatic rings. The molecule has 0 radical (unpaired) electrons. The molecule has 3 heteroatoms. The average Bonchev–Trinajstić information content (AvgIpc) is 2.17. The van der Waals surface area contributed by atoms with Gasteiger partial charge in [-0.1, -0.05) is 52.9 Å². The van der Waals surface area contributed by atoms with Crippen molar-refractivity contribution in [3.63, 3.8) is 0 Å². The van der Waals surface area contributed by atoms with E-state index in [-0.39, 0.29) is 9.89 Å². The highest BCUT2D eigenvalue weighted by molar-refractivity contribution is 14.1. The summed E-state index contributed by atoms with van der Waals surface area (Å²) < 4.78 is 4.42.